The summed E-state index contributed by atoms with van der Waals surface area (Å²) in [4.78, 5) is 30.8. The number of Topliss-reactive ketones (excluding diaryl/α,β-unsaturated/α-hetero) is 1. The number of halogens is 2. The average Bonchev–Trinajstić information content (AvgIpc) is 2.96. The van der Waals surface area contributed by atoms with Gasteiger partial charge in [0, 0.05) is 10.9 Å². The van der Waals surface area contributed by atoms with Crippen LogP contribution >= 0.6 is 11.6 Å². The molecule has 0 atom stereocenters. The molecule has 116 valence electrons. The highest BCUT2D eigenvalue weighted by Crippen LogP contribution is 2.17. The third-order valence-electron chi connectivity index (χ3n) is 3.29. The van der Waals surface area contributed by atoms with Gasteiger partial charge >= 0.3 is 0 Å². The van der Waals surface area contributed by atoms with Crippen LogP contribution in [0.3, 0.4) is 0 Å². The molecule has 2 heterocycles. The average molecular weight is 332 g/mol. The van der Waals surface area contributed by atoms with Gasteiger partial charge in [-0.3, -0.25) is 9.59 Å². The maximum Gasteiger partial charge on any atom is 0.268 e. The normalized spacial score (nSPS) is 10.7. The van der Waals surface area contributed by atoms with Gasteiger partial charge < -0.3 is 10.3 Å². The minimum Gasteiger partial charge on any atom is -0.349 e. The summed E-state index contributed by atoms with van der Waals surface area (Å²) in [5, 5.41) is 3.60. The van der Waals surface area contributed by atoms with E-state index in [1.807, 2.05) is 0 Å². The van der Waals surface area contributed by atoms with Gasteiger partial charge in [-0.2, -0.15) is 0 Å². The van der Waals surface area contributed by atoms with E-state index in [-0.39, 0.29) is 12.3 Å². The van der Waals surface area contributed by atoms with Gasteiger partial charge in [-0.1, -0.05) is 11.6 Å². The Hall–Kier alpha value is -2.73. The van der Waals surface area contributed by atoms with Crippen molar-refractivity contribution in [2.24, 2.45) is 0 Å². The number of rotatable bonds is 4. The summed E-state index contributed by atoms with van der Waals surface area (Å²) in [6.45, 7) is -0.182. The first-order chi connectivity index (χ1) is 11.0. The fourth-order valence-corrected chi connectivity index (χ4v) is 2.29. The molecule has 23 heavy (non-hydrogen) atoms. The summed E-state index contributed by atoms with van der Waals surface area (Å²) >= 11 is 5.79. The number of nitrogens with one attached hydrogen (secondary N) is 2. The highest BCUT2D eigenvalue weighted by atomic mass is 35.5. The van der Waals surface area contributed by atoms with Crippen LogP contribution in [-0.4, -0.2) is 28.2 Å². The van der Waals surface area contributed by atoms with Crippen molar-refractivity contribution < 1.29 is 14.0 Å². The minimum atomic E-state index is -0.423. The maximum absolute atomic E-state index is 12.8. The van der Waals surface area contributed by atoms with Crippen LogP contribution in [0.4, 0.5) is 4.39 Å². The van der Waals surface area contributed by atoms with Crippen LogP contribution < -0.4 is 5.32 Å². The van der Waals surface area contributed by atoms with Gasteiger partial charge in [0.2, 0.25) is 0 Å². The van der Waals surface area contributed by atoms with E-state index >= 15 is 0 Å². The molecule has 0 saturated carbocycles. The molecule has 0 spiro atoms. The molecule has 3 aromatic rings. The number of aromatic amines is 1. The lowest BCUT2D eigenvalue weighted by Crippen LogP contribution is -2.29. The smallest absolute Gasteiger partial charge is 0.268 e. The quantitative estimate of drug-likeness (QED) is 0.570. The molecule has 0 unspecified atom stereocenters. The van der Waals surface area contributed by atoms with Crippen molar-refractivity contribution in [1.29, 1.82) is 0 Å². The van der Waals surface area contributed by atoms with Gasteiger partial charge in [0.15, 0.2) is 5.78 Å². The summed E-state index contributed by atoms with van der Waals surface area (Å²) in [5.41, 5.74) is 1.31. The lowest BCUT2D eigenvalue weighted by atomic mass is 10.1. The number of H-pyrrole nitrogens is 1. The van der Waals surface area contributed by atoms with Gasteiger partial charge in [-0.05, 0) is 36.4 Å². The summed E-state index contributed by atoms with van der Waals surface area (Å²) in [5.74, 6) is -1.15. The first-order valence-electron chi connectivity index (χ1n) is 6.74. The van der Waals surface area contributed by atoms with E-state index in [1.165, 1.54) is 30.5 Å². The molecule has 2 N–H and O–H groups in total. The molecule has 5 nitrogen and oxygen atoms in total. The number of aromatic nitrogens is 2. The molecule has 0 saturated heterocycles. The van der Waals surface area contributed by atoms with Gasteiger partial charge in [0.1, 0.15) is 16.7 Å². The van der Waals surface area contributed by atoms with Crippen molar-refractivity contribution in [3.05, 3.63) is 64.8 Å². The van der Waals surface area contributed by atoms with Gasteiger partial charge in [0.05, 0.1) is 18.3 Å². The highest BCUT2D eigenvalue weighted by molar-refractivity contribution is 6.30. The zero-order valence-electron chi connectivity index (χ0n) is 11.8. The number of fused-ring (bicyclic) bond motifs is 1. The predicted molar refractivity (Wildman–Crippen MR) is 84.2 cm³/mol. The number of hydrogen-bond donors (Lipinski definition) is 2. The van der Waals surface area contributed by atoms with Crippen LogP contribution in [0.5, 0.6) is 0 Å². The number of pyridine rings is 1. The first-order valence-corrected chi connectivity index (χ1v) is 7.12. The highest BCUT2D eigenvalue weighted by Gasteiger charge is 2.12. The summed E-state index contributed by atoms with van der Waals surface area (Å²) < 4.78 is 12.8. The lowest BCUT2D eigenvalue weighted by Gasteiger charge is -2.03. The first kappa shape index (κ1) is 15.2. The van der Waals surface area contributed by atoms with E-state index in [1.54, 1.807) is 12.1 Å². The Morgan fingerprint density at radius 1 is 1.22 bits per heavy atom. The molecule has 1 amide bonds. The molecule has 2 aromatic heterocycles. The molecule has 0 bridgehead atoms. The fourth-order valence-electron chi connectivity index (χ4n) is 2.12. The molecule has 0 aliphatic carbocycles. The molecule has 0 aliphatic rings. The van der Waals surface area contributed by atoms with Crippen LogP contribution in [0.2, 0.25) is 5.15 Å². The van der Waals surface area contributed by atoms with Crippen molar-refractivity contribution in [2.75, 3.05) is 6.54 Å². The number of ketones is 1. The van der Waals surface area contributed by atoms with Gasteiger partial charge in [-0.25, -0.2) is 9.37 Å². The van der Waals surface area contributed by atoms with E-state index in [0.29, 0.717) is 21.9 Å². The Morgan fingerprint density at radius 2 is 1.96 bits per heavy atom. The lowest BCUT2D eigenvalue weighted by molar-refractivity contribution is 0.0901. The SMILES string of the molecule is O=C(CNC(=O)c1cc2cc(Cl)ncc2[nH]1)c1ccc(F)cc1. The van der Waals surface area contributed by atoms with E-state index in [9.17, 15) is 14.0 Å². The van der Waals surface area contributed by atoms with Crippen LogP contribution in [0.15, 0.2) is 42.6 Å². The molecule has 0 aliphatic heterocycles. The summed E-state index contributed by atoms with van der Waals surface area (Å²) in [6.07, 6.45) is 1.53. The second-order valence-electron chi connectivity index (χ2n) is 4.89. The molecule has 0 radical (unpaired) electrons. The Labute approximate surface area is 135 Å². The zero-order valence-corrected chi connectivity index (χ0v) is 12.5. The number of benzene rings is 1. The predicted octanol–water partition coefficient (Wildman–Crippen LogP) is 2.97. The molecular weight excluding hydrogens is 321 g/mol. The van der Waals surface area contributed by atoms with Crippen LogP contribution in [0.1, 0.15) is 20.8 Å². The Kier molecular flexibility index (Phi) is 4.08. The number of hydrogen-bond acceptors (Lipinski definition) is 3. The van der Waals surface area contributed by atoms with Crippen molar-refractivity contribution >= 4 is 34.2 Å². The van der Waals surface area contributed by atoms with E-state index in [0.717, 1.165) is 5.39 Å². The number of carbonyl (C=O) groups excluding carboxylic acids is 2. The molecule has 7 heteroatoms. The standard InChI is InChI=1S/C16H11ClFN3O2/c17-15-6-10-5-12(21-13(10)7-19-15)16(23)20-8-14(22)9-1-3-11(18)4-2-9/h1-7,21H,8H2,(H,20,23). The molecule has 3 rings (SSSR count). The zero-order chi connectivity index (χ0) is 16.4. The Balaban J connectivity index is 1.68. The number of amides is 1. The van der Waals surface area contributed by atoms with Gasteiger partial charge in [-0.15, -0.1) is 0 Å². The minimum absolute atomic E-state index is 0.182. The summed E-state index contributed by atoms with van der Waals surface area (Å²) in [7, 11) is 0. The van der Waals surface area contributed by atoms with E-state index < -0.39 is 11.7 Å². The number of nitrogens with zero attached hydrogens (tertiary/aromatic N) is 1. The summed E-state index contributed by atoms with van der Waals surface area (Å²) in [6, 6.07) is 8.41. The maximum atomic E-state index is 12.8. The van der Waals surface area contributed by atoms with Crippen LogP contribution in [0, 0.1) is 5.82 Å². The van der Waals surface area contributed by atoms with Crippen molar-refractivity contribution in [2.45, 2.75) is 0 Å². The largest absolute Gasteiger partial charge is 0.349 e. The third kappa shape index (κ3) is 3.37. The number of carbonyl (C=O) groups is 2. The van der Waals surface area contributed by atoms with Crippen molar-refractivity contribution in [3.63, 3.8) is 0 Å². The Morgan fingerprint density at radius 3 is 2.70 bits per heavy atom. The second-order valence-corrected chi connectivity index (χ2v) is 5.28. The fraction of sp³-hybridized carbons (Fsp3) is 0.0625. The topological polar surface area (TPSA) is 74.8 Å². The Bertz CT molecular complexity index is 890. The second kappa shape index (κ2) is 6.18. The van der Waals surface area contributed by atoms with Crippen molar-refractivity contribution in [3.8, 4) is 0 Å². The van der Waals surface area contributed by atoms with Gasteiger partial charge in [0.25, 0.3) is 5.91 Å². The van der Waals surface area contributed by atoms with Crippen LogP contribution in [0.25, 0.3) is 10.9 Å². The monoisotopic (exact) mass is 331 g/mol. The molecular formula is C16H11ClFN3O2. The van der Waals surface area contributed by atoms with Crippen molar-refractivity contribution in [1.82, 2.24) is 15.3 Å². The molecule has 1 aromatic carbocycles. The van der Waals surface area contributed by atoms with E-state index in [2.05, 4.69) is 15.3 Å². The van der Waals surface area contributed by atoms with Crippen LogP contribution in [-0.2, 0) is 0 Å². The molecule has 0 fully saturated rings. The van der Waals surface area contributed by atoms with E-state index in [4.69, 9.17) is 11.6 Å². The third-order valence-corrected chi connectivity index (χ3v) is 3.50.